The molecular weight excluding hydrogens is 364 g/mol. The normalized spacial score (nSPS) is 13.3. The van der Waals surface area contributed by atoms with Gasteiger partial charge in [-0.1, -0.05) is 13.3 Å². The molecule has 136 valence electrons. The zero-order chi connectivity index (χ0) is 19.2. The predicted octanol–water partition coefficient (Wildman–Crippen LogP) is 2.01. The molecule has 9 heteroatoms. The van der Waals surface area contributed by atoms with Gasteiger partial charge in [0.25, 0.3) is 0 Å². The summed E-state index contributed by atoms with van der Waals surface area (Å²) < 4.78 is 34.7. The van der Waals surface area contributed by atoms with Crippen molar-refractivity contribution in [1.29, 1.82) is 0 Å². The van der Waals surface area contributed by atoms with Crippen molar-refractivity contribution in [3.63, 3.8) is 0 Å². The van der Waals surface area contributed by atoms with Gasteiger partial charge in [-0.3, -0.25) is 14.1 Å². The third-order valence-electron chi connectivity index (χ3n) is 3.95. The van der Waals surface area contributed by atoms with Gasteiger partial charge in [-0.2, -0.15) is 8.42 Å². The van der Waals surface area contributed by atoms with Gasteiger partial charge in [0.15, 0.2) is 5.78 Å². The van der Waals surface area contributed by atoms with Crippen molar-refractivity contribution >= 4 is 22.0 Å². The number of phenolic OH excluding ortho intramolecular Hbond substituents is 2. The molecule has 0 spiro atoms. The van der Waals surface area contributed by atoms with Crippen LogP contribution in [0.5, 0.6) is 17.2 Å². The van der Waals surface area contributed by atoms with Crippen molar-refractivity contribution in [1.82, 2.24) is 0 Å². The van der Waals surface area contributed by atoms with E-state index in [9.17, 15) is 28.2 Å². The fourth-order valence-corrected chi connectivity index (χ4v) is 3.33. The van der Waals surface area contributed by atoms with Crippen LogP contribution in [0.1, 0.15) is 50.8 Å². The zero-order valence-electron chi connectivity index (χ0n) is 13.5. The summed E-state index contributed by atoms with van der Waals surface area (Å²) in [6, 6.07) is 4.60. The average molecular weight is 378 g/mol. The number of fused-ring (bicyclic) bond motifs is 2. The van der Waals surface area contributed by atoms with Gasteiger partial charge in [0.05, 0.1) is 11.1 Å². The molecule has 0 amide bonds. The first-order valence-corrected chi connectivity index (χ1v) is 8.98. The Morgan fingerprint density at radius 1 is 0.923 bits per heavy atom. The molecule has 0 radical (unpaired) electrons. The molecule has 0 aromatic heterocycles. The summed E-state index contributed by atoms with van der Waals surface area (Å²) in [5.74, 6) is -3.05. The summed E-state index contributed by atoms with van der Waals surface area (Å²) in [4.78, 5) is 25.5. The monoisotopic (exact) mass is 378 g/mol. The average Bonchev–Trinajstić information content (AvgIpc) is 2.50. The molecule has 0 heterocycles. The molecule has 1 aliphatic rings. The summed E-state index contributed by atoms with van der Waals surface area (Å²) in [7, 11) is -4.88. The maximum atomic E-state index is 12.8. The Kier molecular flexibility index (Phi) is 4.21. The van der Waals surface area contributed by atoms with Gasteiger partial charge >= 0.3 is 10.4 Å². The number of phenols is 2. The van der Waals surface area contributed by atoms with Crippen LogP contribution in [0.2, 0.25) is 0 Å². The number of ketones is 2. The van der Waals surface area contributed by atoms with Crippen LogP contribution >= 0.6 is 0 Å². The highest BCUT2D eigenvalue weighted by Crippen LogP contribution is 2.39. The Morgan fingerprint density at radius 3 is 2.08 bits per heavy atom. The van der Waals surface area contributed by atoms with Crippen molar-refractivity contribution in [3.05, 3.63) is 52.1 Å². The van der Waals surface area contributed by atoms with Gasteiger partial charge in [-0.05, 0) is 30.2 Å². The molecule has 0 unspecified atom stereocenters. The summed E-state index contributed by atoms with van der Waals surface area (Å²) in [5.41, 5.74) is -0.267. The molecule has 2 aromatic carbocycles. The second-order valence-corrected chi connectivity index (χ2v) is 6.84. The van der Waals surface area contributed by atoms with Crippen molar-refractivity contribution in [3.8, 4) is 17.2 Å². The van der Waals surface area contributed by atoms with Crippen LogP contribution in [0, 0.1) is 0 Å². The first-order valence-electron chi connectivity index (χ1n) is 7.61. The van der Waals surface area contributed by atoms with Crippen LogP contribution in [0.25, 0.3) is 0 Å². The molecule has 0 bridgehead atoms. The van der Waals surface area contributed by atoms with E-state index >= 15 is 0 Å². The summed E-state index contributed by atoms with van der Waals surface area (Å²) in [5, 5.41) is 20.3. The molecule has 0 saturated carbocycles. The van der Waals surface area contributed by atoms with E-state index in [0.29, 0.717) is 12.0 Å². The minimum Gasteiger partial charge on any atom is -0.507 e. The summed E-state index contributed by atoms with van der Waals surface area (Å²) >= 11 is 0. The van der Waals surface area contributed by atoms with Gasteiger partial charge in [0, 0.05) is 17.2 Å². The van der Waals surface area contributed by atoms with Gasteiger partial charge in [0.2, 0.25) is 5.78 Å². The molecule has 0 saturated heterocycles. The third-order valence-corrected chi connectivity index (χ3v) is 4.36. The molecular formula is C17H14O8S. The maximum absolute atomic E-state index is 12.8. The van der Waals surface area contributed by atoms with Crippen molar-refractivity contribution in [2.75, 3.05) is 0 Å². The number of hydrogen-bond donors (Lipinski definition) is 3. The Bertz CT molecular complexity index is 1050. The van der Waals surface area contributed by atoms with Gasteiger partial charge < -0.3 is 14.4 Å². The van der Waals surface area contributed by atoms with Crippen LogP contribution in [-0.4, -0.2) is 34.8 Å². The number of benzene rings is 2. The van der Waals surface area contributed by atoms with Crippen LogP contribution < -0.4 is 4.18 Å². The standard InChI is InChI=1S/C17H14O8S/c1-2-3-8-4-10-14(12(18)5-8)17(21)15-11(16(10)20)6-9(7-13(15)19)25-26(22,23)24/h4-7,18-19H,2-3H2,1H3,(H,22,23,24). The zero-order valence-corrected chi connectivity index (χ0v) is 14.3. The smallest absolute Gasteiger partial charge is 0.446 e. The van der Waals surface area contributed by atoms with Crippen LogP contribution in [0.15, 0.2) is 24.3 Å². The second kappa shape index (κ2) is 6.11. The highest BCUT2D eigenvalue weighted by molar-refractivity contribution is 7.81. The number of hydrogen-bond acceptors (Lipinski definition) is 7. The molecule has 1 aliphatic carbocycles. The lowest BCUT2D eigenvalue weighted by Crippen LogP contribution is -2.22. The van der Waals surface area contributed by atoms with E-state index in [1.807, 2.05) is 6.92 Å². The Balaban J connectivity index is 2.21. The molecule has 0 aliphatic heterocycles. The Hall–Kier alpha value is -2.91. The number of aromatic hydroxyl groups is 2. The first kappa shape index (κ1) is 17.9. The molecule has 2 aromatic rings. The minimum atomic E-state index is -4.88. The van der Waals surface area contributed by atoms with E-state index in [-0.39, 0.29) is 28.0 Å². The number of carbonyl (C=O) groups is 2. The van der Waals surface area contributed by atoms with Crippen LogP contribution in [0.4, 0.5) is 0 Å². The fourth-order valence-electron chi connectivity index (χ4n) is 2.99. The van der Waals surface area contributed by atoms with E-state index in [4.69, 9.17) is 4.55 Å². The van der Waals surface area contributed by atoms with Gasteiger partial charge in [-0.15, -0.1) is 0 Å². The first-order chi connectivity index (χ1) is 12.1. The highest BCUT2D eigenvalue weighted by atomic mass is 32.3. The maximum Gasteiger partial charge on any atom is 0.446 e. The van der Waals surface area contributed by atoms with Gasteiger partial charge in [-0.25, -0.2) is 0 Å². The van der Waals surface area contributed by atoms with Crippen molar-refractivity contribution < 1.29 is 37.0 Å². The fraction of sp³-hybridized carbons (Fsp3) is 0.176. The van der Waals surface area contributed by atoms with E-state index in [1.54, 1.807) is 0 Å². The molecule has 26 heavy (non-hydrogen) atoms. The highest BCUT2D eigenvalue weighted by Gasteiger charge is 2.35. The van der Waals surface area contributed by atoms with E-state index in [2.05, 4.69) is 4.18 Å². The van der Waals surface area contributed by atoms with E-state index in [0.717, 1.165) is 18.6 Å². The summed E-state index contributed by atoms with van der Waals surface area (Å²) in [6.45, 7) is 1.91. The predicted molar refractivity (Wildman–Crippen MR) is 89.3 cm³/mol. The largest absolute Gasteiger partial charge is 0.507 e. The lowest BCUT2D eigenvalue weighted by Gasteiger charge is -2.20. The van der Waals surface area contributed by atoms with E-state index < -0.39 is 33.5 Å². The lowest BCUT2D eigenvalue weighted by atomic mass is 9.82. The second-order valence-electron chi connectivity index (χ2n) is 5.82. The molecule has 8 nitrogen and oxygen atoms in total. The number of aryl methyl sites for hydroxylation is 1. The molecule has 3 N–H and O–H groups in total. The minimum absolute atomic E-state index is 0.0469. The van der Waals surface area contributed by atoms with Crippen LogP contribution in [-0.2, 0) is 16.8 Å². The molecule has 3 rings (SSSR count). The third kappa shape index (κ3) is 3.02. The Morgan fingerprint density at radius 2 is 1.50 bits per heavy atom. The SMILES string of the molecule is CCCc1cc(O)c2c(c1)C(=O)c1cc(OS(=O)(=O)O)cc(O)c1C2=O. The topological polar surface area (TPSA) is 138 Å². The number of carbonyl (C=O) groups excluding carboxylic acids is 2. The van der Waals surface area contributed by atoms with Gasteiger partial charge in [0.1, 0.15) is 17.2 Å². The van der Waals surface area contributed by atoms with Crippen molar-refractivity contribution in [2.45, 2.75) is 19.8 Å². The van der Waals surface area contributed by atoms with Crippen molar-refractivity contribution in [2.24, 2.45) is 0 Å². The molecule has 0 fully saturated rings. The quantitative estimate of drug-likeness (QED) is 0.586. The molecule has 0 atom stereocenters. The van der Waals surface area contributed by atoms with Crippen LogP contribution in [0.3, 0.4) is 0 Å². The number of rotatable bonds is 4. The van der Waals surface area contributed by atoms with E-state index in [1.165, 1.54) is 12.1 Å². The summed E-state index contributed by atoms with van der Waals surface area (Å²) in [6.07, 6.45) is 1.33. The lowest BCUT2D eigenvalue weighted by molar-refractivity contribution is 0.0974. The Labute approximate surface area is 148 Å².